The fourth-order valence-corrected chi connectivity index (χ4v) is 2.10. The number of nitrogens with two attached hydrogens (primary N) is 1. The third-order valence-electron chi connectivity index (χ3n) is 3.19. The Bertz CT molecular complexity index is 618. The second-order valence-corrected chi connectivity index (χ2v) is 4.57. The van der Waals surface area contributed by atoms with Crippen LogP contribution >= 0.6 is 0 Å². The number of nitro benzene ring substituents is 1. The van der Waals surface area contributed by atoms with Gasteiger partial charge in [-0.2, -0.15) is 0 Å². The number of nitrogen functional groups attached to an aromatic ring is 1. The van der Waals surface area contributed by atoms with Gasteiger partial charge in [-0.3, -0.25) is 20.9 Å². The molecule has 0 atom stereocenters. The highest BCUT2D eigenvalue weighted by molar-refractivity contribution is 5.76. The summed E-state index contributed by atoms with van der Waals surface area (Å²) in [6, 6.07) is 10.7. The van der Waals surface area contributed by atoms with Crippen LogP contribution < -0.4 is 16.2 Å². The van der Waals surface area contributed by atoms with Crippen LogP contribution in [0.3, 0.4) is 0 Å². The number of nitro groups is 1. The van der Waals surface area contributed by atoms with Crippen LogP contribution in [0.2, 0.25) is 0 Å². The number of hydrogen-bond acceptors (Lipinski definition) is 6. The topological polar surface area (TPSA) is 97.3 Å². The molecule has 7 nitrogen and oxygen atoms in total. The molecule has 110 valence electrons. The van der Waals surface area contributed by atoms with Crippen molar-refractivity contribution in [2.24, 2.45) is 5.84 Å². The summed E-state index contributed by atoms with van der Waals surface area (Å²) >= 11 is 0. The molecule has 0 aliphatic carbocycles. The standard InChI is InChI=1S/C14H17N5O2/c1-18(10-8-11-5-2-3-9-16-11)13-7-4-6-12(17-15)14(13)19(20)21/h2-7,9,17H,8,10,15H2,1H3. The van der Waals surface area contributed by atoms with E-state index in [2.05, 4.69) is 10.4 Å². The lowest BCUT2D eigenvalue weighted by Gasteiger charge is -2.19. The highest BCUT2D eigenvalue weighted by atomic mass is 16.6. The molecule has 0 radical (unpaired) electrons. The molecule has 0 unspecified atom stereocenters. The fraction of sp³-hybridized carbons (Fsp3) is 0.214. The number of nitrogens with zero attached hydrogens (tertiary/aromatic N) is 3. The summed E-state index contributed by atoms with van der Waals surface area (Å²) in [4.78, 5) is 16.9. The summed E-state index contributed by atoms with van der Waals surface area (Å²) in [5.74, 6) is 5.34. The zero-order valence-electron chi connectivity index (χ0n) is 11.7. The Kier molecular flexibility index (Phi) is 4.68. The average molecular weight is 287 g/mol. The van der Waals surface area contributed by atoms with Crippen molar-refractivity contribution >= 4 is 17.1 Å². The number of nitrogens with one attached hydrogen (secondary N) is 1. The van der Waals surface area contributed by atoms with Crippen LogP contribution in [0.25, 0.3) is 0 Å². The van der Waals surface area contributed by atoms with Gasteiger partial charge in [0.05, 0.1) is 4.92 Å². The Morgan fingerprint density at radius 3 is 2.76 bits per heavy atom. The minimum Gasteiger partial charge on any atom is -0.369 e. The van der Waals surface area contributed by atoms with E-state index in [1.807, 2.05) is 30.1 Å². The molecule has 0 amide bonds. The number of pyridine rings is 1. The molecule has 0 saturated heterocycles. The normalized spacial score (nSPS) is 10.2. The number of hydrazine groups is 1. The summed E-state index contributed by atoms with van der Waals surface area (Å²) in [5, 5.41) is 11.3. The van der Waals surface area contributed by atoms with Gasteiger partial charge in [-0.25, -0.2) is 0 Å². The maximum absolute atomic E-state index is 11.3. The van der Waals surface area contributed by atoms with Gasteiger partial charge in [0.15, 0.2) is 0 Å². The Balaban J connectivity index is 2.19. The second-order valence-electron chi connectivity index (χ2n) is 4.57. The number of aromatic nitrogens is 1. The summed E-state index contributed by atoms with van der Waals surface area (Å²) < 4.78 is 0. The molecule has 0 aliphatic rings. The van der Waals surface area contributed by atoms with E-state index in [1.165, 1.54) is 0 Å². The highest BCUT2D eigenvalue weighted by Crippen LogP contribution is 2.34. The summed E-state index contributed by atoms with van der Waals surface area (Å²) in [7, 11) is 1.81. The molecule has 0 aliphatic heterocycles. The number of anilines is 2. The van der Waals surface area contributed by atoms with Gasteiger partial charge in [-0.15, -0.1) is 0 Å². The van der Waals surface area contributed by atoms with Crippen LogP contribution in [0.15, 0.2) is 42.6 Å². The third kappa shape index (κ3) is 3.46. The molecular weight excluding hydrogens is 270 g/mol. The van der Waals surface area contributed by atoms with Gasteiger partial charge in [0.2, 0.25) is 0 Å². The van der Waals surface area contributed by atoms with E-state index in [0.29, 0.717) is 24.3 Å². The minimum atomic E-state index is -0.429. The molecule has 0 fully saturated rings. The Morgan fingerprint density at radius 2 is 2.14 bits per heavy atom. The smallest absolute Gasteiger partial charge is 0.316 e. The van der Waals surface area contributed by atoms with Crippen LogP contribution in [0, 0.1) is 10.1 Å². The number of hydrogen-bond donors (Lipinski definition) is 2. The van der Waals surface area contributed by atoms with Crippen molar-refractivity contribution in [3.8, 4) is 0 Å². The zero-order chi connectivity index (χ0) is 15.2. The lowest BCUT2D eigenvalue weighted by molar-refractivity contribution is -0.383. The van der Waals surface area contributed by atoms with Crippen molar-refractivity contribution < 1.29 is 4.92 Å². The van der Waals surface area contributed by atoms with Crippen molar-refractivity contribution in [1.82, 2.24) is 4.98 Å². The van der Waals surface area contributed by atoms with Gasteiger partial charge in [0.1, 0.15) is 11.4 Å². The van der Waals surface area contributed by atoms with Crippen LogP contribution in [-0.2, 0) is 6.42 Å². The Hall–Kier alpha value is -2.67. The van der Waals surface area contributed by atoms with Gasteiger partial charge in [-0.1, -0.05) is 12.1 Å². The van der Waals surface area contributed by atoms with Gasteiger partial charge in [0.25, 0.3) is 0 Å². The quantitative estimate of drug-likeness (QED) is 0.479. The van der Waals surface area contributed by atoms with Crippen LogP contribution in [0.5, 0.6) is 0 Å². The van der Waals surface area contributed by atoms with Gasteiger partial charge in [-0.05, 0) is 24.3 Å². The molecule has 1 aromatic heterocycles. The van der Waals surface area contributed by atoms with E-state index in [4.69, 9.17) is 5.84 Å². The highest BCUT2D eigenvalue weighted by Gasteiger charge is 2.21. The molecule has 1 aromatic carbocycles. The van der Waals surface area contributed by atoms with Gasteiger partial charge < -0.3 is 10.3 Å². The van der Waals surface area contributed by atoms with Crippen LogP contribution in [-0.4, -0.2) is 23.5 Å². The molecule has 1 heterocycles. The van der Waals surface area contributed by atoms with Crippen molar-refractivity contribution in [1.29, 1.82) is 0 Å². The molecular formula is C14H17N5O2. The lowest BCUT2D eigenvalue weighted by Crippen LogP contribution is -2.22. The minimum absolute atomic E-state index is 0.0245. The molecule has 3 N–H and O–H groups in total. The largest absolute Gasteiger partial charge is 0.369 e. The zero-order valence-corrected chi connectivity index (χ0v) is 11.7. The monoisotopic (exact) mass is 287 g/mol. The first-order valence-corrected chi connectivity index (χ1v) is 6.48. The second kappa shape index (κ2) is 6.67. The van der Waals surface area contributed by atoms with Crippen LogP contribution in [0.1, 0.15) is 5.69 Å². The van der Waals surface area contributed by atoms with E-state index in [9.17, 15) is 10.1 Å². The van der Waals surface area contributed by atoms with E-state index < -0.39 is 4.92 Å². The molecule has 0 bridgehead atoms. The van der Waals surface area contributed by atoms with Gasteiger partial charge >= 0.3 is 5.69 Å². The third-order valence-corrected chi connectivity index (χ3v) is 3.19. The maximum Gasteiger partial charge on any atom is 0.316 e. The summed E-state index contributed by atoms with van der Waals surface area (Å²) in [6.45, 7) is 0.617. The average Bonchev–Trinajstić information content (AvgIpc) is 2.52. The number of para-hydroxylation sites is 1. The summed E-state index contributed by atoms with van der Waals surface area (Å²) in [5.41, 5.74) is 4.10. The van der Waals surface area contributed by atoms with Crippen molar-refractivity contribution in [3.63, 3.8) is 0 Å². The van der Waals surface area contributed by atoms with E-state index in [1.54, 1.807) is 24.4 Å². The first kappa shape index (κ1) is 14.7. The molecule has 2 rings (SSSR count). The summed E-state index contributed by atoms with van der Waals surface area (Å²) in [6.07, 6.45) is 2.44. The van der Waals surface area contributed by atoms with E-state index >= 15 is 0 Å². The molecule has 0 saturated carbocycles. The SMILES string of the molecule is CN(CCc1ccccn1)c1cccc(NN)c1[N+](=O)[O-]. The number of rotatable bonds is 6. The Labute approximate surface area is 122 Å². The predicted molar refractivity (Wildman–Crippen MR) is 82.1 cm³/mol. The van der Waals surface area contributed by atoms with Crippen molar-refractivity contribution in [3.05, 3.63) is 58.4 Å². The molecule has 7 heteroatoms. The first-order valence-electron chi connectivity index (χ1n) is 6.48. The van der Waals surface area contributed by atoms with Crippen LogP contribution in [0.4, 0.5) is 17.1 Å². The first-order chi connectivity index (χ1) is 10.1. The maximum atomic E-state index is 11.3. The molecule has 21 heavy (non-hydrogen) atoms. The fourth-order valence-electron chi connectivity index (χ4n) is 2.10. The molecule has 0 spiro atoms. The number of benzene rings is 1. The number of likely N-dealkylation sites (N-methyl/N-ethyl adjacent to an activating group) is 1. The van der Waals surface area contributed by atoms with E-state index in [0.717, 1.165) is 5.69 Å². The Morgan fingerprint density at radius 1 is 1.33 bits per heavy atom. The molecule has 2 aromatic rings. The lowest BCUT2D eigenvalue weighted by atomic mass is 10.2. The van der Waals surface area contributed by atoms with Crippen molar-refractivity contribution in [2.45, 2.75) is 6.42 Å². The van der Waals surface area contributed by atoms with Gasteiger partial charge in [0, 0.05) is 31.9 Å². The predicted octanol–water partition coefficient (Wildman–Crippen LogP) is 1.95. The van der Waals surface area contributed by atoms with E-state index in [-0.39, 0.29) is 5.69 Å². The van der Waals surface area contributed by atoms with Crippen molar-refractivity contribution in [2.75, 3.05) is 23.9 Å².